The van der Waals surface area contributed by atoms with Crippen LogP contribution in [-0.2, 0) is 11.0 Å². The van der Waals surface area contributed by atoms with Crippen molar-refractivity contribution >= 4 is 5.97 Å². The summed E-state index contributed by atoms with van der Waals surface area (Å²) in [6, 6.07) is 2.18. The van der Waals surface area contributed by atoms with Gasteiger partial charge in [-0.25, -0.2) is 4.39 Å². The van der Waals surface area contributed by atoms with Crippen LogP contribution in [0.25, 0.3) is 0 Å². The molecule has 1 aromatic carbocycles. The molecule has 1 aromatic rings. The first-order valence-electron chi connectivity index (χ1n) is 4.89. The van der Waals surface area contributed by atoms with Gasteiger partial charge in [0.05, 0.1) is 11.5 Å². The van der Waals surface area contributed by atoms with Gasteiger partial charge in [0, 0.05) is 0 Å². The van der Waals surface area contributed by atoms with Crippen molar-refractivity contribution in [2.24, 2.45) is 5.92 Å². The van der Waals surface area contributed by atoms with Gasteiger partial charge in [-0.15, -0.1) is 0 Å². The summed E-state index contributed by atoms with van der Waals surface area (Å²) in [4.78, 5) is 10.6. The lowest BCUT2D eigenvalue weighted by Crippen LogP contribution is -2.07. The SMILES string of the molecule is O=C(O)C1CC1c1cc(F)cc(C(F)(F)F)c1. The molecule has 2 atom stereocenters. The van der Waals surface area contributed by atoms with Crippen LogP contribution in [0.15, 0.2) is 18.2 Å². The molecule has 0 heterocycles. The smallest absolute Gasteiger partial charge is 0.416 e. The lowest BCUT2D eigenvalue weighted by Gasteiger charge is -2.09. The van der Waals surface area contributed by atoms with Crippen molar-refractivity contribution in [3.8, 4) is 0 Å². The van der Waals surface area contributed by atoms with E-state index in [1.54, 1.807) is 0 Å². The molecular weight excluding hydrogens is 240 g/mol. The Labute approximate surface area is 93.9 Å². The molecular formula is C11H8F4O2. The molecule has 1 aliphatic rings. The van der Waals surface area contributed by atoms with Crippen molar-refractivity contribution in [2.45, 2.75) is 18.5 Å². The maximum absolute atomic E-state index is 13.0. The fourth-order valence-corrected chi connectivity index (χ4v) is 1.83. The third-order valence-corrected chi connectivity index (χ3v) is 2.78. The van der Waals surface area contributed by atoms with Crippen molar-refractivity contribution in [2.75, 3.05) is 0 Å². The lowest BCUT2D eigenvalue weighted by molar-refractivity contribution is -0.138. The molecule has 0 amide bonds. The molecule has 92 valence electrons. The van der Waals surface area contributed by atoms with E-state index in [4.69, 9.17) is 5.11 Å². The first kappa shape index (κ1) is 11.9. The molecule has 0 saturated heterocycles. The second kappa shape index (κ2) is 3.72. The monoisotopic (exact) mass is 248 g/mol. The summed E-state index contributed by atoms with van der Waals surface area (Å²) >= 11 is 0. The minimum absolute atomic E-state index is 0.102. The van der Waals surface area contributed by atoms with E-state index in [0.717, 1.165) is 12.1 Å². The van der Waals surface area contributed by atoms with Crippen molar-refractivity contribution in [1.82, 2.24) is 0 Å². The summed E-state index contributed by atoms with van der Waals surface area (Å²) in [7, 11) is 0. The van der Waals surface area contributed by atoms with Crippen molar-refractivity contribution in [1.29, 1.82) is 0 Å². The highest BCUT2D eigenvalue weighted by atomic mass is 19.4. The molecule has 0 bridgehead atoms. The van der Waals surface area contributed by atoms with Crippen LogP contribution >= 0.6 is 0 Å². The largest absolute Gasteiger partial charge is 0.481 e. The fraction of sp³-hybridized carbons (Fsp3) is 0.364. The average molecular weight is 248 g/mol. The Morgan fingerprint density at radius 1 is 1.29 bits per heavy atom. The van der Waals surface area contributed by atoms with Gasteiger partial charge >= 0.3 is 12.1 Å². The average Bonchev–Trinajstić information content (AvgIpc) is 2.94. The summed E-state index contributed by atoms with van der Waals surface area (Å²) in [6.45, 7) is 0. The first-order valence-corrected chi connectivity index (χ1v) is 4.89. The van der Waals surface area contributed by atoms with E-state index in [1.807, 2.05) is 0 Å². The highest BCUT2D eigenvalue weighted by molar-refractivity contribution is 5.75. The van der Waals surface area contributed by atoms with Crippen LogP contribution in [0.4, 0.5) is 17.6 Å². The van der Waals surface area contributed by atoms with Crippen molar-refractivity contribution in [3.05, 3.63) is 35.1 Å². The van der Waals surface area contributed by atoms with Gasteiger partial charge in [-0.1, -0.05) is 0 Å². The lowest BCUT2D eigenvalue weighted by atomic mass is 10.0. The van der Waals surface area contributed by atoms with Gasteiger partial charge in [-0.2, -0.15) is 13.2 Å². The highest BCUT2D eigenvalue weighted by Crippen LogP contribution is 2.48. The number of aliphatic carboxylic acids is 1. The molecule has 1 fully saturated rings. The molecule has 2 nitrogen and oxygen atoms in total. The molecule has 0 spiro atoms. The van der Waals surface area contributed by atoms with Gasteiger partial charge < -0.3 is 5.11 Å². The van der Waals surface area contributed by atoms with Gasteiger partial charge in [-0.05, 0) is 36.1 Å². The van der Waals surface area contributed by atoms with Gasteiger partial charge in [0.25, 0.3) is 0 Å². The normalized spacial score (nSPS) is 23.5. The van der Waals surface area contributed by atoms with E-state index < -0.39 is 35.4 Å². The molecule has 0 radical (unpaired) electrons. The van der Waals surface area contributed by atoms with Gasteiger partial charge in [0.2, 0.25) is 0 Å². The third-order valence-electron chi connectivity index (χ3n) is 2.78. The van der Waals surface area contributed by atoms with Crippen LogP contribution < -0.4 is 0 Å². The van der Waals surface area contributed by atoms with Crippen LogP contribution in [0.1, 0.15) is 23.5 Å². The van der Waals surface area contributed by atoms with Crippen LogP contribution in [-0.4, -0.2) is 11.1 Å². The number of carboxylic acid groups (broad SMARTS) is 1. The maximum atomic E-state index is 13.0. The zero-order chi connectivity index (χ0) is 12.8. The highest BCUT2D eigenvalue weighted by Gasteiger charge is 2.45. The number of carbonyl (C=O) groups is 1. The van der Waals surface area contributed by atoms with E-state index in [0.29, 0.717) is 6.07 Å². The van der Waals surface area contributed by atoms with Gasteiger partial charge in [-0.3, -0.25) is 4.79 Å². The number of benzene rings is 1. The van der Waals surface area contributed by atoms with Crippen molar-refractivity contribution < 1.29 is 27.5 Å². The summed E-state index contributed by atoms with van der Waals surface area (Å²) in [6.07, 6.45) is -4.36. The molecule has 0 aromatic heterocycles. The molecule has 17 heavy (non-hydrogen) atoms. The Kier molecular flexibility index (Phi) is 2.60. The number of hydrogen-bond acceptors (Lipinski definition) is 1. The van der Waals surface area contributed by atoms with Crippen LogP contribution in [0.3, 0.4) is 0 Å². The zero-order valence-electron chi connectivity index (χ0n) is 8.46. The standard InChI is InChI=1S/C11H8F4O2/c12-7-2-5(8-4-9(8)10(16)17)1-6(3-7)11(13,14)15/h1-3,8-9H,4H2,(H,16,17). The Balaban J connectivity index is 2.31. The van der Waals surface area contributed by atoms with Gasteiger partial charge in [0.1, 0.15) is 5.82 Å². The summed E-state index contributed by atoms with van der Waals surface area (Å²) in [5, 5.41) is 8.67. The maximum Gasteiger partial charge on any atom is 0.416 e. The van der Waals surface area contributed by atoms with E-state index in [-0.39, 0.29) is 12.0 Å². The summed E-state index contributed by atoms with van der Waals surface area (Å²) in [5.41, 5.74) is -0.978. The molecule has 1 N–H and O–H groups in total. The quantitative estimate of drug-likeness (QED) is 0.817. The van der Waals surface area contributed by atoms with E-state index in [1.165, 1.54) is 0 Å². The topological polar surface area (TPSA) is 37.3 Å². The number of carboxylic acids is 1. The van der Waals surface area contributed by atoms with Crippen LogP contribution in [0.5, 0.6) is 0 Å². The van der Waals surface area contributed by atoms with E-state index in [2.05, 4.69) is 0 Å². The molecule has 2 unspecified atom stereocenters. The number of hydrogen-bond donors (Lipinski definition) is 1. The molecule has 0 aliphatic heterocycles. The Morgan fingerprint density at radius 2 is 1.94 bits per heavy atom. The Bertz CT molecular complexity index is 467. The van der Waals surface area contributed by atoms with Crippen molar-refractivity contribution in [3.63, 3.8) is 0 Å². The van der Waals surface area contributed by atoms with Crippen LogP contribution in [0, 0.1) is 11.7 Å². The molecule has 1 aliphatic carbocycles. The third kappa shape index (κ3) is 2.40. The number of alkyl halides is 3. The van der Waals surface area contributed by atoms with Crippen LogP contribution in [0.2, 0.25) is 0 Å². The second-order valence-electron chi connectivity index (χ2n) is 4.06. The molecule has 6 heteroatoms. The number of rotatable bonds is 2. The molecule has 2 rings (SSSR count). The predicted molar refractivity (Wildman–Crippen MR) is 49.9 cm³/mol. The van der Waals surface area contributed by atoms with Gasteiger partial charge in [0.15, 0.2) is 0 Å². The van der Waals surface area contributed by atoms with E-state index >= 15 is 0 Å². The minimum atomic E-state index is -4.62. The van der Waals surface area contributed by atoms with E-state index in [9.17, 15) is 22.4 Å². The fourth-order valence-electron chi connectivity index (χ4n) is 1.83. The Hall–Kier alpha value is -1.59. The zero-order valence-corrected chi connectivity index (χ0v) is 8.46. The summed E-state index contributed by atoms with van der Waals surface area (Å²) in [5.74, 6) is -3.26. The predicted octanol–water partition coefficient (Wildman–Crippen LogP) is 3.03. The summed E-state index contributed by atoms with van der Waals surface area (Å²) < 4.78 is 50.2. The minimum Gasteiger partial charge on any atom is -0.481 e. The second-order valence-corrected chi connectivity index (χ2v) is 4.06. The number of halogens is 4. The Morgan fingerprint density at radius 3 is 2.41 bits per heavy atom. The molecule has 1 saturated carbocycles. The first-order chi connectivity index (χ1) is 7.79.